The molecule has 1 N–H and O–H groups in total. The third kappa shape index (κ3) is 3.20. The minimum Gasteiger partial charge on any atom is -0.497 e. The zero-order valence-corrected chi connectivity index (χ0v) is 12.2. The van der Waals surface area contributed by atoms with Crippen LogP contribution in [-0.2, 0) is 6.42 Å². The topological polar surface area (TPSA) is 92.7 Å². The second-order valence-electron chi connectivity index (χ2n) is 4.57. The molecule has 0 aliphatic carbocycles. The van der Waals surface area contributed by atoms with Crippen molar-refractivity contribution in [2.45, 2.75) is 12.3 Å². The Labute approximate surface area is 127 Å². The maximum atomic E-state index is 10.8. The highest BCUT2D eigenvalue weighted by atomic mass is 16.5. The first-order valence-electron chi connectivity index (χ1n) is 6.52. The van der Waals surface area contributed by atoms with Gasteiger partial charge in [-0.1, -0.05) is 6.07 Å². The second-order valence-corrected chi connectivity index (χ2v) is 4.57. The van der Waals surface area contributed by atoms with Crippen molar-refractivity contribution < 1.29 is 23.8 Å². The molecule has 6 nitrogen and oxygen atoms in total. The van der Waals surface area contributed by atoms with E-state index in [1.54, 1.807) is 19.2 Å². The molecule has 0 aliphatic heterocycles. The quantitative estimate of drug-likeness (QED) is 0.882. The lowest BCUT2D eigenvalue weighted by atomic mass is 9.97. The van der Waals surface area contributed by atoms with Gasteiger partial charge in [-0.3, -0.25) is 0 Å². The van der Waals surface area contributed by atoms with Crippen LogP contribution in [0.4, 0.5) is 0 Å². The fourth-order valence-electron chi connectivity index (χ4n) is 2.11. The Morgan fingerprint density at radius 1 is 1.32 bits per heavy atom. The van der Waals surface area contributed by atoms with Crippen molar-refractivity contribution in [1.82, 2.24) is 0 Å². The summed E-state index contributed by atoms with van der Waals surface area (Å²) in [4.78, 5) is 10.8. The van der Waals surface area contributed by atoms with Crippen LogP contribution in [0.15, 0.2) is 34.7 Å². The molecule has 1 unspecified atom stereocenters. The Bertz CT molecular complexity index is 714. The highest BCUT2D eigenvalue weighted by Crippen LogP contribution is 2.30. The Morgan fingerprint density at radius 2 is 2.09 bits per heavy atom. The van der Waals surface area contributed by atoms with Gasteiger partial charge in [-0.2, -0.15) is 5.26 Å². The van der Waals surface area contributed by atoms with E-state index in [4.69, 9.17) is 19.0 Å². The van der Waals surface area contributed by atoms with Gasteiger partial charge in [0.05, 0.1) is 20.3 Å². The summed E-state index contributed by atoms with van der Waals surface area (Å²) < 4.78 is 15.6. The standard InChI is InChI=1S/C16H15NO5/c1-20-12-4-3-10(15(8-12)21-2)7-11(9-17)13-5-6-14(22-13)16(18)19/h3-6,8,11H,7H2,1-2H3,(H,18,19). The first-order chi connectivity index (χ1) is 10.6. The van der Waals surface area contributed by atoms with Gasteiger partial charge >= 0.3 is 5.97 Å². The predicted molar refractivity (Wildman–Crippen MR) is 77.3 cm³/mol. The van der Waals surface area contributed by atoms with Crippen molar-refractivity contribution in [3.05, 3.63) is 47.4 Å². The molecular weight excluding hydrogens is 286 g/mol. The van der Waals surface area contributed by atoms with Crippen LogP contribution < -0.4 is 9.47 Å². The van der Waals surface area contributed by atoms with Gasteiger partial charge < -0.3 is 19.0 Å². The number of nitriles is 1. The molecular formula is C16H15NO5. The molecule has 0 spiro atoms. The average molecular weight is 301 g/mol. The number of methoxy groups -OCH3 is 2. The summed E-state index contributed by atoms with van der Waals surface area (Å²) in [6, 6.07) is 10.3. The van der Waals surface area contributed by atoms with Crippen LogP contribution in [-0.4, -0.2) is 25.3 Å². The Hall–Kier alpha value is -2.94. The normalized spacial score (nSPS) is 11.5. The molecule has 114 valence electrons. The third-order valence-corrected chi connectivity index (χ3v) is 3.26. The minimum atomic E-state index is -1.16. The molecule has 22 heavy (non-hydrogen) atoms. The Morgan fingerprint density at radius 3 is 2.64 bits per heavy atom. The number of hydrogen-bond acceptors (Lipinski definition) is 5. The summed E-state index contributed by atoms with van der Waals surface area (Å²) in [5.41, 5.74) is 0.808. The van der Waals surface area contributed by atoms with Crippen LogP contribution in [0.2, 0.25) is 0 Å². The maximum Gasteiger partial charge on any atom is 0.371 e. The molecule has 1 aromatic carbocycles. The number of nitrogens with zero attached hydrogens (tertiary/aromatic N) is 1. The van der Waals surface area contributed by atoms with Gasteiger partial charge in [0.2, 0.25) is 5.76 Å². The molecule has 0 radical (unpaired) electrons. The van der Waals surface area contributed by atoms with E-state index in [1.165, 1.54) is 19.2 Å². The monoisotopic (exact) mass is 301 g/mol. The summed E-state index contributed by atoms with van der Waals surface area (Å²) in [5, 5.41) is 18.2. The van der Waals surface area contributed by atoms with Crippen LogP contribution in [0.25, 0.3) is 0 Å². The zero-order chi connectivity index (χ0) is 16.1. The second kappa shape index (κ2) is 6.68. The van der Waals surface area contributed by atoms with E-state index in [0.29, 0.717) is 23.7 Å². The molecule has 0 amide bonds. The van der Waals surface area contributed by atoms with Crippen molar-refractivity contribution in [2.24, 2.45) is 0 Å². The molecule has 0 saturated heterocycles. The number of furan rings is 1. The molecule has 1 atom stereocenters. The number of carboxylic acid groups (broad SMARTS) is 1. The van der Waals surface area contributed by atoms with E-state index in [1.807, 2.05) is 6.07 Å². The number of carbonyl (C=O) groups is 1. The van der Waals surface area contributed by atoms with Crippen molar-refractivity contribution >= 4 is 5.97 Å². The fourth-order valence-corrected chi connectivity index (χ4v) is 2.11. The van der Waals surface area contributed by atoms with Gasteiger partial charge in [-0.25, -0.2) is 4.79 Å². The first-order valence-corrected chi connectivity index (χ1v) is 6.52. The van der Waals surface area contributed by atoms with Crippen molar-refractivity contribution in [3.8, 4) is 17.6 Å². The summed E-state index contributed by atoms with van der Waals surface area (Å²) in [7, 11) is 3.10. The number of ether oxygens (including phenoxy) is 2. The summed E-state index contributed by atoms with van der Waals surface area (Å²) in [6.07, 6.45) is 0.343. The number of aromatic carboxylic acids is 1. The highest BCUT2D eigenvalue weighted by molar-refractivity contribution is 5.84. The largest absolute Gasteiger partial charge is 0.497 e. The van der Waals surface area contributed by atoms with Crippen LogP contribution in [0, 0.1) is 11.3 Å². The molecule has 0 aliphatic rings. The lowest BCUT2D eigenvalue weighted by Gasteiger charge is -2.12. The van der Waals surface area contributed by atoms with E-state index in [-0.39, 0.29) is 5.76 Å². The Balaban J connectivity index is 2.26. The van der Waals surface area contributed by atoms with E-state index < -0.39 is 11.9 Å². The molecule has 1 heterocycles. The lowest BCUT2D eigenvalue weighted by molar-refractivity contribution is 0.0660. The van der Waals surface area contributed by atoms with E-state index in [9.17, 15) is 10.1 Å². The summed E-state index contributed by atoms with van der Waals surface area (Å²) >= 11 is 0. The lowest BCUT2D eigenvalue weighted by Crippen LogP contribution is -2.02. The van der Waals surface area contributed by atoms with Crippen LogP contribution in [0.5, 0.6) is 11.5 Å². The van der Waals surface area contributed by atoms with Gasteiger partial charge in [0.25, 0.3) is 0 Å². The van der Waals surface area contributed by atoms with E-state index in [2.05, 4.69) is 6.07 Å². The smallest absolute Gasteiger partial charge is 0.371 e. The van der Waals surface area contributed by atoms with Crippen LogP contribution in [0.1, 0.15) is 27.8 Å². The van der Waals surface area contributed by atoms with Gasteiger partial charge in [0, 0.05) is 6.07 Å². The predicted octanol–water partition coefficient (Wildman–Crippen LogP) is 2.84. The van der Waals surface area contributed by atoms with Gasteiger partial charge in [0.15, 0.2) is 0 Å². The third-order valence-electron chi connectivity index (χ3n) is 3.26. The van der Waals surface area contributed by atoms with Gasteiger partial charge in [0.1, 0.15) is 23.2 Å². The Kier molecular flexibility index (Phi) is 4.69. The van der Waals surface area contributed by atoms with Crippen LogP contribution in [0.3, 0.4) is 0 Å². The molecule has 0 saturated carbocycles. The molecule has 2 aromatic rings. The van der Waals surface area contributed by atoms with Crippen molar-refractivity contribution in [1.29, 1.82) is 5.26 Å². The molecule has 1 aromatic heterocycles. The SMILES string of the molecule is COc1ccc(CC(C#N)c2ccc(C(=O)O)o2)c(OC)c1. The minimum absolute atomic E-state index is 0.183. The van der Waals surface area contributed by atoms with Crippen LogP contribution >= 0.6 is 0 Å². The number of hydrogen-bond donors (Lipinski definition) is 1. The van der Waals surface area contributed by atoms with E-state index in [0.717, 1.165) is 5.56 Å². The highest BCUT2D eigenvalue weighted by Gasteiger charge is 2.20. The van der Waals surface area contributed by atoms with Gasteiger partial charge in [-0.05, 0) is 30.2 Å². The van der Waals surface area contributed by atoms with Gasteiger partial charge in [-0.15, -0.1) is 0 Å². The summed E-state index contributed by atoms with van der Waals surface area (Å²) in [6.45, 7) is 0. The molecule has 6 heteroatoms. The number of carboxylic acids is 1. The van der Waals surface area contributed by atoms with Crippen molar-refractivity contribution in [2.75, 3.05) is 14.2 Å². The zero-order valence-electron chi connectivity index (χ0n) is 12.2. The fraction of sp³-hybridized carbons (Fsp3) is 0.250. The van der Waals surface area contributed by atoms with Crippen molar-refractivity contribution in [3.63, 3.8) is 0 Å². The molecule has 0 fully saturated rings. The van der Waals surface area contributed by atoms with E-state index >= 15 is 0 Å². The summed E-state index contributed by atoms with van der Waals surface area (Å²) in [5.74, 6) is -0.375. The molecule has 2 rings (SSSR count). The number of benzene rings is 1. The average Bonchev–Trinajstić information content (AvgIpc) is 3.02. The molecule has 0 bridgehead atoms. The maximum absolute atomic E-state index is 10.8. The first kappa shape index (κ1) is 15.4. The number of rotatable bonds is 6.